The van der Waals surface area contributed by atoms with Crippen molar-refractivity contribution >= 4 is 35.9 Å². The summed E-state index contributed by atoms with van der Waals surface area (Å²) < 4.78 is 0. The normalized spacial score (nSPS) is 16.1. The molecular formula is C16H20N6O6. The second-order valence-corrected chi connectivity index (χ2v) is 5.74. The highest BCUT2D eigenvalue weighted by Gasteiger charge is 2.33. The van der Waals surface area contributed by atoms with Gasteiger partial charge < -0.3 is 31.2 Å². The predicted octanol–water partition coefficient (Wildman–Crippen LogP) is -0.500. The first kappa shape index (κ1) is 20.5. The summed E-state index contributed by atoms with van der Waals surface area (Å²) in [5.41, 5.74) is 8.11. The van der Waals surface area contributed by atoms with Gasteiger partial charge in [-0.25, -0.2) is 9.59 Å². The molecule has 0 unspecified atom stereocenters. The Kier molecular flexibility index (Phi) is 7.13. The first-order valence-electron chi connectivity index (χ1n) is 8.29. The van der Waals surface area contributed by atoms with Crippen LogP contribution in [0.4, 0.5) is 15.3 Å². The topological polar surface area (TPSA) is 175 Å². The molecule has 0 radical (unpaired) electrons. The Morgan fingerprint density at radius 1 is 1.32 bits per heavy atom. The van der Waals surface area contributed by atoms with Crippen LogP contribution >= 0.6 is 0 Å². The van der Waals surface area contributed by atoms with Crippen LogP contribution in [0.3, 0.4) is 0 Å². The maximum atomic E-state index is 12.5. The number of amides is 4. The highest BCUT2D eigenvalue weighted by Crippen LogP contribution is 2.21. The summed E-state index contributed by atoms with van der Waals surface area (Å²) in [6.07, 6.45) is 0.615. The number of primary amides is 1. The number of urea groups is 1. The van der Waals surface area contributed by atoms with E-state index in [1.165, 1.54) is 11.1 Å². The lowest BCUT2D eigenvalue weighted by molar-refractivity contribution is -0.136. The van der Waals surface area contributed by atoms with Gasteiger partial charge in [-0.05, 0) is 24.1 Å². The third-order valence-corrected chi connectivity index (χ3v) is 3.75. The molecule has 0 aliphatic carbocycles. The van der Waals surface area contributed by atoms with Crippen LogP contribution in [-0.4, -0.2) is 54.5 Å². The van der Waals surface area contributed by atoms with Crippen molar-refractivity contribution in [2.45, 2.75) is 18.9 Å². The summed E-state index contributed by atoms with van der Waals surface area (Å²) >= 11 is 0. The molecule has 1 aliphatic heterocycles. The molecule has 1 aliphatic rings. The standard InChI is InChI=1S/C16H20N6O6/c17-15(26)28-21-19-9-10-1-3-11(4-2-10)22-8-6-12(14(22)25)20-16(27)18-7-5-13(23)24/h1-4,9,12,21H,5-8H2,(H2,17,26)(H,23,24)(H2,18,20,27)/t12-/m0/s1. The molecule has 12 heteroatoms. The van der Waals surface area contributed by atoms with Crippen molar-refractivity contribution in [3.63, 3.8) is 0 Å². The zero-order valence-corrected chi connectivity index (χ0v) is 14.8. The second kappa shape index (κ2) is 9.75. The fourth-order valence-electron chi connectivity index (χ4n) is 2.48. The molecule has 0 spiro atoms. The number of hydrazone groups is 1. The lowest BCUT2D eigenvalue weighted by atomic mass is 10.2. The van der Waals surface area contributed by atoms with Crippen molar-refractivity contribution < 1.29 is 29.1 Å². The molecule has 1 aromatic carbocycles. The van der Waals surface area contributed by atoms with Gasteiger partial charge in [-0.15, -0.1) is 5.59 Å². The molecule has 12 nitrogen and oxygen atoms in total. The van der Waals surface area contributed by atoms with Gasteiger partial charge in [0.05, 0.1) is 12.6 Å². The van der Waals surface area contributed by atoms with Gasteiger partial charge in [0.1, 0.15) is 6.04 Å². The molecule has 1 saturated heterocycles. The number of carbonyl (C=O) groups is 4. The molecule has 0 bridgehead atoms. The van der Waals surface area contributed by atoms with E-state index >= 15 is 0 Å². The van der Waals surface area contributed by atoms with Gasteiger partial charge in [0.15, 0.2) is 0 Å². The van der Waals surface area contributed by atoms with E-state index < -0.39 is 24.1 Å². The Hall–Kier alpha value is -3.83. The number of anilines is 1. The summed E-state index contributed by atoms with van der Waals surface area (Å²) in [7, 11) is 0. The molecule has 1 aromatic rings. The monoisotopic (exact) mass is 392 g/mol. The van der Waals surface area contributed by atoms with Crippen molar-refractivity contribution in [3.05, 3.63) is 29.8 Å². The Bertz CT molecular complexity index is 765. The third kappa shape index (κ3) is 6.16. The maximum absolute atomic E-state index is 12.5. The third-order valence-electron chi connectivity index (χ3n) is 3.75. The van der Waals surface area contributed by atoms with Crippen molar-refractivity contribution in [2.75, 3.05) is 18.0 Å². The number of hydrogen-bond acceptors (Lipinski definition) is 7. The highest BCUT2D eigenvalue weighted by molar-refractivity contribution is 6.01. The van der Waals surface area contributed by atoms with E-state index in [9.17, 15) is 19.2 Å². The largest absolute Gasteiger partial charge is 0.481 e. The number of nitrogens with zero attached hydrogens (tertiary/aromatic N) is 2. The number of benzene rings is 1. The summed E-state index contributed by atoms with van der Waals surface area (Å²) in [5, 5.41) is 17.1. The van der Waals surface area contributed by atoms with Crippen molar-refractivity contribution in [1.82, 2.24) is 16.2 Å². The first-order chi connectivity index (χ1) is 13.4. The van der Waals surface area contributed by atoms with Gasteiger partial charge in [0.25, 0.3) is 0 Å². The minimum Gasteiger partial charge on any atom is -0.481 e. The molecule has 150 valence electrons. The molecular weight excluding hydrogens is 372 g/mol. The molecule has 0 aromatic heterocycles. The summed E-state index contributed by atoms with van der Waals surface area (Å²) in [6.45, 7) is 0.411. The van der Waals surface area contributed by atoms with Crippen LogP contribution in [0.5, 0.6) is 0 Å². The molecule has 1 atom stereocenters. The van der Waals surface area contributed by atoms with Crippen molar-refractivity contribution in [1.29, 1.82) is 0 Å². The van der Waals surface area contributed by atoms with E-state index in [0.717, 1.165) is 0 Å². The van der Waals surface area contributed by atoms with Crippen molar-refractivity contribution in [3.8, 4) is 0 Å². The SMILES string of the molecule is NC(=O)ONN=Cc1ccc(N2CC[C@H](NC(=O)NCCC(=O)O)C2=O)cc1. The number of nitrogens with one attached hydrogen (secondary N) is 3. The fraction of sp³-hybridized carbons (Fsp3) is 0.312. The maximum Gasteiger partial charge on any atom is 0.430 e. The van der Waals surface area contributed by atoms with Gasteiger partial charge in [0, 0.05) is 18.8 Å². The van der Waals surface area contributed by atoms with Crippen molar-refractivity contribution in [2.24, 2.45) is 10.8 Å². The zero-order valence-electron chi connectivity index (χ0n) is 14.8. The van der Waals surface area contributed by atoms with E-state index in [1.807, 2.05) is 5.59 Å². The first-order valence-corrected chi connectivity index (χ1v) is 8.29. The minimum absolute atomic E-state index is 0.0197. The Labute approximate surface area is 159 Å². The molecule has 1 heterocycles. The molecule has 28 heavy (non-hydrogen) atoms. The lowest BCUT2D eigenvalue weighted by Gasteiger charge is -2.17. The predicted molar refractivity (Wildman–Crippen MR) is 97.4 cm³/mol. The van der Waals surface area contributed by atoms with Crippen LogP contribution in [0, 0.1) is 0 Å². The number of carboxylic acid groups (broad SMARTS) is 1. The second-order valence-electron chi connectivity index (χ2n) is 5.74. The zero-order chi connectivity index (χ0) is 20.5. The van der Waals surface area contributed by atoms with Crippen LogP contribution in [0.1, 0.15) is 18.4 Å². The number of nitrogens with two attached hydrogens (primary N) is 1. The number of aliphatic carboxylic acids is 1. The molecule has 2 rings (SSSR count). The number of rotatable bonds is 8. The van der Waals surface area contributed by atoms with Crippen LogP contribution < -0.4 is 26.9 Å². The van der Waals surface area contributed by atoms with Crippen LogP contribution in [0.15, 0.2) is 29.4 Å². The van der Waals surface area contributed by atoms with Gasteiger partial charge >= 0.3 is 18.1 Å². The lowest BCUT2D eigenvalue weighted by Crippen LogP contribution is -2.46. The van der Waals surface area contributed by atoms with E-state index in [-0.39, 0.29) is 18.9 Å². The quantitative estimate of drug-likeness (QED) is 0.292. The average molecular weight is 392 g/mol. The van der Waals surface area contributed by atoms with E-state index in [1.54, 1.807) is 24.3 Å². The van der Waals surface area contributed by atoms with Crippen LogP contribution in [0.2, 0.25) is 0 Å². The summed E-state index contributed by atoms with van der Waals surface area (Å²) in [5.74, 6) is -1.28. The molecule has 1 fully saturated rings. The van der Waals surface area contributed by atoms with Gasteiger partial charge in [-0.1, -0.05) is 12.1 Å². The Balaban J connectivity index is 1.85. The smallest absolute Gasteiger partial charge is 0.430 e. The summed E-state index contributed by atoms with van der Waals surface area (Å²) in [4.78, 5) is 50.8. The van der Waals surface area contributed by atoms with E-state index in [2.05, 4.69) is 20.6 Å². The highest BCUT2D eigenvalue weighted by atomic mass is 16.7. The number of carboxylic acids is 1. The van der Waals surface area contributed by atoms with E-state index in [4.69, 9.17) is 10.8 Å². The molecule has 6 N–H and O–H groups in total. The molecule has 4 amide bonds. The van der Waals surface area contributed by atoms with Crippen LogP contribution in [0.25, 0.3) is 0 Å². The average Bonchev–Trinajstić information content (AvgIpc) is 2.99. The minimum atomic E-state index is -1.02. The Morgan fingerprint density at radius 3 is 2.68 bits per heavy atom. The van der Waals surface area contributed by atoms with Gasteiger partial charge in [-0.3, -0.25) is 9.59 Å². The van der Waals surface area contributed by atoms with Gasteiger partial charge in [0.2, 0.25) is 5.91 Å². The summed E-state index contributed by atoms with van der Waals surface area (Å²) in [6, 6.07) is 5.57. The Morgan fingerprint density at radius 2 is 2.04 bits per heavy atom. The number of hydrogen-bond donors (Lipinski definition) is 5. The van der Waals surface area contributed by atoms with E-state index in [0.29, 0.717) is 24.2 Å². The van der Waals surface area contributed by atoms with Gasteiger partial charge in [-0.2, -0.15) is 5.10 Å². The molecule has 0 saturated carbocycles. The van der Waals surface area contributed by atoms with Crippen LogP contribution in [-0.2, 0) is 14.4 Å². The fourth-order valence-corrected chi connectivity index (χ4v) is 2.48. The number of carbonyl (C=O) groups excluding carboxylic acids is 3.